The predicted molar refractivity (Wildman–Crippen MR) is 115 cm³/mol. The second-order valence-electron chi connectivity index (χ2n) is 7.84. The van der Waals surface area contributed by atoms with E-state index in [1.165, 1.54) is 0 Å². The summed E-state index contributed by atoms with van der Waals surface area (Å²) in [4.78, 5) is 18.7. The van der Waals surface area contributed by atoms with Crippen LogP contribution in [0.2, 0.25) is 0 Å². The van der Waals surface area contributed by atoms with Crippen molar-refractivity contribution in [1.29, 1.82) is 0 Å². The minimum atomic E-state index is -0.323. The molecule has 0 aliphatic carbocycles. The Labute approximate surface area is 179 Å². The van der Waals surface area contributed by atoms with Crippen LogP contribution < -0.4 is 4.74 Å². The van der Waals surface area contributed by atoms with Crippen LogP contribution in [0.5, 0.6) is 5.75 Å². The van der Waals surface area contributed by atoms with Gasteiger partial charge in [0.25, 0.3) is 0 Å². The van der Waals surface area contributed by atoms with Gasteiger partial charge in [0.15, 0.2) is 0 Å². The summed E-state index contributed by atoms with van der Waals surface area (Å²) in [5, 5.41) is 9.77. The molecule has 3 heterocycles. The van der Waals surface area contributed by atoms with Crippen molar-refractivity contribution in [2.24, 2.45) is 7.05 Å². The highest BCUT2D eigenvalue weighted by molar-refractivity contribution is 5.85. The van der Waals surface area contributed by atoms with E-state index in [-0.39, 0.29) is 12.0 Å². The van der Waals surface area contributed by atoms with Gasteiger partial charge in [-0.2, -0.15) is 10.1 Å². The van der Waals surface area contributed by atoms with E-state index in [9.17, 15) is 4.79 Å². The third kappa shape index (κ3) is 3.76. The fraction of sp³-hybridized carbons (Fsp3) is 0.304. The number of para-hydroxylation sites is 1. The summed E-state index contributed by atoms with van der Waals surface area (Å²) in [6.45, 7) is 3.18. The number of hydrogen-bond acceptors (Lipinski definition) is 6. The van der Waals surface area contributed by atoms with E-state index < -0.39 is 0 Å². The zero-order chi connectivity index (χ0) is 21.4. The van der Waals surface area contributed by atoms with E-state index in [0.717, 1.165) is 35.0 Å². The van der Waals surface area contributed by atoms with Gasteiger partial charge in [0.1, 0.15) is 5.75 Å². The molecule has 0 N–H and O–H groups in total. The smallest absolute Gasteiger partial charge is 0.410 e. The number of benzene rings is 2. The molecule has 0 bridgehead atoms. The number of likely N-dealkylation sites (tertiary alicyclic amines) is 1. The van der Waals surface area contributed by atoms with Crippen molar-refractivity contribution < 1.29 is 14.1 Å². The van der Waals surface area contributed by atoms with Crippen molar-refractivity contribution in [3.8, 4) is 17.1 Å². The summed E-state index contributed by atoms with van der Waals surface area (Å²) in [5.74, 6) is 1.87. The van der Waals surface area contributed by atoms with Crippen molar-refractivity contribution in [1.82, 2.24) is 24.8 Å². The lowest BCUT2D eigenvalue weighted by Gasteiger charge is -2.29. The molecule has 1 amide bonds. The summed E-state index contributed by atoms with van der Waals surface area (Å²) >= 11 is 0. The molecule has 2 aromatic heterocycles. The molecule has 0 unspecified atom stereocenters. The number of aryl methyl sites for hydroxylation is 2. The molecule has 31 heavy (non-hydrogen) atoms. The van der Waals surface area contributed by atoms with Gasteiger partial charge in [-0.3, -0.25) is 4.68 Å². The molecule has 1 aliphatic heterocycles. The summed E-state index contributed by atoms with van der Waals surface area (Å²) in [6.07, 6.45) is 1.19. The van der Waals surface area contributed by atoms with Gasteiger partial charge in [-0.15, -0.1) is 0 Å². The fourth-order valence-corrected chi connectivity index (χ4v) is 4.06. The average molecular weight is 417 g/mol. The van der Waals surface area contributed by atoms with E-state index in [1.54, 1.807) is 17.0 Å². The molecule has 8 nitrogen and oxygen atoms in total. The second kappa shape index (κ2) is 7.86. The van der Waals surface area contributed by atoms with Crippen molar-refractivity contribution in [2.45, 2.75) is 25.7 Å². The van der Waals surface area contributed by atoms with E-state index in [0.29, 0.717) is 30.6 Å². The normalized spacial score (nSPS) is 14.8. The number of piperidine rings is 1. The third-order valence-electron chi connectivity index (χ3n) is 5.79. The molecular formula is C23H23N5O3. The summed E-state index contributed by atoms with van der Waals surface area (Å²) in [5.41, 5.74) is 2.93. The Bertz CT molecular complexity index is 1220. The number of ether oxygens (including phenoxy) is 1. The van der Waals surface area contributed by atoms with Crippen molar-refractivity contribution >= 4 is 17.0 Å². The van der Waals surface area contributed by atoms with Crippen LogP contribution in [-0.2, 0) is 7.05 Å². The first-order valence-electron chi connectivity index (χ1n) is 10.4. The summed E-state index contributed by atoms with van der Waals surface area (Å²) in [7, 11) is 1.93. The van der Waals surface area contributed by atoms with Crippen LogP contribution in [0.3, 0.4) is 0 Å². The lowest BCUT2D eigenvalue weighted by Crippen LogP contribution is -2.39. The molecule has 2 aromatic carbocycles. The maximum Gasteiger partial charge on any atom is 0.415 e. The third-order valence-corrected chi connectivity index (χ3v) is 5.79. The molecule has 4 aromatic rings. The first-order valence-corrected chi connectivity index (χ1v) is 10.4. The number of rotatable bonds is 3. The highest BCUT2D eigenvalue weighted by atomic mass is 16.6. The highest BCUT2D eigenvalue weighted by Crippen LogP contribution is 2.30. The van der Waals surface area contributed by atoms with Crippen LogP contribution >= 0.6 is 0 Å². The summed E-state index contributed by atoms with van der Waals surface area (Å²) < 4.78 is 12.9. The number of carbonyl (C=O) groups is 1. The SMILES string of the molecule is Cc1nn(C)c2cc(-c3noc(C4CCN(C(=O)Oc5ccccc5)CC4)n3)ccc12. The number of amides is 1. The Morgan fingerprint density at radius 1 is 1.13 bits per heavy atom. The number of hydrogen-bond donors (Lipinski definition) is 0. The van der Waals surface area contributed by atoms with Gasteiger partial charge in [0, 0.05) is 37.0 Å². The molecule has 1 saturated heterocycles. The van der Waals surface area contributed by atoms with Crippen LogP contribution in [0, 0.1) is 6.92 Å². The predicted octanol–water partition coefficient (Wildman–Crippen LogP) is 4.31. The number of fused-ring (bicyclic) bond motifs is 1. The number of aromatic nitrogens is 4. The van der Waals surface area contributed by atoms with E-state index >= 15 is 0 Å². The molecule has 1 fully saturated rings. The van der Waals surface area contributed by atoms with Crippen molar-refractivity contribution in [3.05, 3.63) is 60.1 Å². The topological polar surface area (TPSA) is 86.3 Å². The van der Waals surface area contributed by atoms with Gasteiger partial charge in [-0.25, -0.2) is 4.79 Å². The number of carbonyl (C=O) groups excluding carboxylic acids is 1. The van der Waals surface area contributed by atoms with Crippen LogP contribution in [0.1, 0.15) is 30.3 Å². The minimum Gasteiger partial charge on any atom is -0.410 e. The maximum atomic E-state index is 12.4. The molecule has 5 rings (SSSR count). The fourth-order valence-electron chi connectivity index (χ4n) is 4.06. The molecule has 0 spiro atoms. The first kappa shape index (κ1) is 19.3. The zero-order valence-electron chi connectivity index (χ0n) is 17.5. The second-order valence-corrected chi connectivity index (χ2v) is 7.84. The molecule has 0 saturated carbocycles. The quantitative estimate of drug-likeness (QED) is 0.494. The largest absolute Gasteiger partial charge is 0.415 e. The lowest BCUT2D eigenvalue weighted by molar-refractivity contribution is 0.135. The van der Waals surface area contributed by atoms with Gasteiger partial charge in [-0.1, -0.05) is 35.5 Å². The van der Waals surface area contributed by atoms with Gasteiger partial charge < -0.3 is 14.2 Å². The Hall–Kier alpha value is -3.68. The summed E-state index contributed by atoms with van der Waals surface area (Å²) in [6, 6.07) is 15.2. The Balaban J connectivity index is 1.25. The monoisotopic (exact) mass is 417 g/mol. The molecule has 1 aliphatic rings. The van der Waals surface area contributed by atoms with Crippen LogP contribution in [0.15, 0.2) is 53.1 Å². The number of nitrogens with zero attached hydrogens (tertiary/aromatic N) is 5. The average Bonchev–Trinajstić information content (AvgIpc) is 3.39. The van der Waals surface area contributed by atoms with E-state index in [4.69, 9.17) is 9.26 Å². The standard InChI is InChI=1S/C23H23N5O3/c1-15-19-9-8-17(14-20(19)27(2)25-15)21-24-22(31-26-21)16-10-12-28(13-11-16)23(29)30-18-6-4-3-5-7-18/h3-9,14,16H,10-13H2,1-2H3. The first-order chi connectivity index (χ1) is 15.1. The Morgan fingerprint density at radius 3 is 2.68 bits per heavy atom. The Kier molecular flexibility index (Phi) is 4.89. The highest BCUT2D eigenvalue weighted by Gasteiger charge is 2.28. The van der Waals surface area contributed by atoms with Gasteiger partial charge in [0.2, 0.25) is 11.7 Å². The van der Waals surface area contributed by atoms with Crippen LogP contribution in [0.4, 0.5) is 4.79 Å². The van der Waals surface area contributed by atoms with Gasteiger partial charge in [-0.05, 0) is 38.0 Å². The molecule has 0 atom stereocenters. The zero-order valence-corrected chi connectivity index (χ0v) is 17.5. The van der Waals surface area contributed by atoms with Gasteiger partial charge in [0.05, 0.1) is 11.2 Å². The van der Waals surface area contributed by atoms with E-state index in [2.05, 4.69) is 15.2 Å². The van der Waals surface area contributed by atoms with Crippen LogP contribution in [-0.4, -0.2) is 44.0 Å². The minimum absolute atomic E-state index is 0.129. The van der Waals surface area contributed by atoms with E-state index in [1.807, 2.05) is 55.1 Å². The van der Waals surface area contributed by atoms with Crippen LogP contribution in [0.25, 0.3) is 22.3 Å². The molecule has 8 heteroatoms. The Morgan fingerprint density at radius 2 is 1.90 bits per heavy atom. The molecular weight excluding hydrogens is 394 g/mol. The molecule has 0 radical (unpaired) electrons. The van der Waals surface area contributed by atoms with Crippen molar-refractivity contribution in [2.75, 3.05) is 13.1 Å². The van der Waals surface area contributed by atoms with Gasteiger partial charge >= 0.3 is 6.09 Å². The molecule has 158 valence electrons. The van der Waals surface area contributed by atoms with Crippen molar-refractivity contribution in [3.63, 3.8) is 0 Å². The lowest BCUT2D eigenvalue weighted by atomic mass is 9.97. The maximum absolute atomic E-state index is 12.4.